The van der Waals surface area contributed by atoms with Gasteiger partial charge in [-0.2, -0.15) is 0 Å². The van der Waals surface area contributed by atoms with Gasteiger partial charge < -0.3 is 5.11 Å². The van der Waals surface area contributed by atoms with Crippen LogP contribution >= 0.6 is 23.5 Å². The molecule has 5 heteroatoms. The van der Waals surface area contributed by atoms with Crippen molar-refractivity contribution >= 4 is 46.7 Å². The van der Waals surface area contributed by atoms with E-state index in [1.807, 2.05) is 36.5 Å². The van der Waals surface area contributed by atoms with Crippen molar-refractivity contribution in [3.63, 3.8) is 0 Å². The minimum atomic E-state index is -0.914. The molecule has 1 heterocycles. The van der Waals surface area contributed by atoms with Crippen LogP contribution in [0.15, 0.2) is 78.4 Å². The van der Waals surface area contributed by atoms with E-state index >= 15 is 0 Å². The van der Waals surface area contributed by atoms with Gasteiger partial charge in [-0.1, -0.05) is 54.6 Å². The van der Waals surface area contributed by atoms with Gasteiger partial charge in [-0.05, 0) is 75.7 Å². The molecule has 166 valence electrons. The van der Waals surface area contributed by atoms with Crippen LogP contribution in [0.2, 0.25) is 0 Å². The SMILES string of the molecule is CC1=C(CC(=O)O)c2cc(F)ccc2/C1=C\c1cccc(C2(c3ccccc3)SCCS2)c1. The number of hydrogen-bond donors (Lipinski definition) is 1. The molecule has 2 aliphatic rings. The minimum Gasteiger partial charge on any atom is -0.481 e. The Labute approximate surface area is 201 Å². The van der Waals surface area contributed by atoms with E-state index in [4.69, 9.17) is 0 Å². The third-order valence-electron chi connectivity index (χ3n) is 6.21. The van der Waals surface area contributed by atoms with Crippen LogP contribution in [0.1, 0.15) is 41.2 Å². The number of carbonyl (C=O) groups is 1. The molecular weight excluding hydrogens is 451 g/mol. The number of halogens is 1. The quantitative estimate of drug-likeness (QED) is 0.421. The van der Waals surface area contributed by atoms with E-state index in [9.17, 15) is 14.3 Å². The lowest BCUT2D eigenvalue weighted by Crippen LogP contribution is -2.16. The summed E-state index contributed by atoms with van der Waals surface area (Å²) in [6.45, 7) is 1.93. The lowest BCUT2D eigenvalue weighted by Gasteiger charge is -2.29. The first kappa shape index (κ1) is 22.1. The highest BCUT2D eigenvalue weighted by Crippen LogP contribution is 2.56. The van der Waals surface area contributed by atoms with E-state index in [0.29, 0.717) is 11.1 Å². The molecule has 3 aromatic carbocycles. The second-order valence-corrected chi connectivity index (χ2v) is 11.1. The summed E-state index contributed by atoms with van der Waals surface area (Å²) in [5.41, 5.74) is 7.70. The Bertz CT molecular complexity index is 1290. The van der Waals surface area contributed by atoms with Crippen LogP contribution in [-0.4, -0.2) is 22.6 Å². The summed E-state index contributed by atoms with van der Waals surface area (Å²) < 4.78 is 13.9. The molecule has 0 radical (unpaired) electrons. The molecule has 1 fully saturated rings. The third kappa shape index (κ3) is 4.04. The number of aliphatic carboxylic acids is 1. The van der Waals surface area contributed by atoms with Gasteiger partial charge in [0.15, 0.2) is 0 Å². The summed E-state index contributed by atoms with van der Waals surface area (Å²) in [4.78, 5) is 11.5. The van der Waals surface area contributed by atoms with Crippen LogP contribution in [0.5, 0.6) is 0 Å². The van der Waals surface area contributed by atoms with Crippen molar-refractivity contribution in [3.05, 3.63) is 112 Å². The molecule has 0 amide bonds. The van der Waals surface area contributed by atoms with Gasteiger partial charge in [-0.15, -0.1) is 23.5 Å². The van der Waals surface area contributed by atoms with Crippen molar-refractivity contribution in [2.45, 2.75) is 17.4 Å². The zero-order valence-corrected chi connectivity index (χ0v) is 19.8. The normalized spacial score (nSPS) is 18.1. The van der Waals surface area contributed by atoms with Crippen molar-refractivity contribution in [3.8, 4) is 0 Å². The van der Waals surface area contributed by atoms with Crippen molar-refractivity contribution < 1.29 is 14.3 Å². The smallest absolute Gasteiger partial charge is 0.307 e. The maximum Gasteiger partial charge on any atom is 0.307 e. The largest absolute Gasteiger partial charge is 0.481 e. The summed E-state index contributed by atoms with van der Waals surface area (Å²) in [6.07, 6.45) is 1.98. The van der Waals surface area contributed by atoms with Gasteiger partial charge in [-0.25, -0.2) is 4.39 Å². The minimum absolute atomic E-state index is 0.121. The molecule has 33 heavy (non-hydrogen) atoms. The van der Waals surface area contributed by atoms with Crippen LogP contribution in [0.3, 0.4) is 0 Å². The molecule has 0 unspecified atom stereocenters. The molecule has 1 aliphatic heterocycles. The number of thioether (sulfide) groups is 2. The molecule has 5 rings (SSSR count). The second kappa shape index (κ2) is 8.88. The molecule has 1 N–H and O–H groups in total. The number of carboxylic acids is 1. The molecule has 0 bridgehead atoms. The van der Waals surface area contributed by atoms with Crippen LogP contribution in [0, 0.1) is 5.82 Å². The maximum atomic E-state index is 14.0. The number of fused-ring (bicyclic) bond motifs is 1. The predicted molar refractivity (Wildman–Crippen MR) is 138 cm³/mol. The summed E-state index contributed by atoms with van der Waals surface area (Å²) in [5, 5.41) is 9.40. The second-order valence-electron chi connectivity index (χ2n) is 8.23. The first-order valence-corrected chi connectivity index (χ1v) is 12.8. The molecule has 0 atom stereocenters. The van der Waals surface area contributed by atoms with E-state index in [1.54, 1.807) is 6.07 Å². The zero-order valence-electron chi connectivity index (χ0n) is 18.2. The van der Waals surface area contributed by atoms with E-state index in [1.165, 1.54) is 23.3 Å². The first-order chi connectivity index (χ1) is 16.0. The summed E-state index contributed by atoms with van der Waals surface area (Å²) in [7, 11) is 0. The van der Waals surface area contributed by atoms with Crippen LogP contribution in [0.4, 0.5) is 4.39 Å². The molecule has 1 aliphatic carbocycles. The van der Waals surface area contributed by atoms with Gasteiger partial charge in [-0.3, -0.25) is 4.79 Å². The number of rotatable bonds is 5. The number of allylic oxidation sites excluding steroid dienone is 2. The van der Waals surface area contributed by atoms with Gasteiger partial charge in [0.2, 0.25) is 0 Å². The third-order valence-corrected chi connectivity index (χ3v) is 9.74. The highest BCUT2D eigenvalue weighted by molar-refractivity contribution is 8.20. The van der Waals surface area contributed by atoms with E-state index < -0.39 is 5.97 Å². The Kier molecular flexibility index (Phi) is 5.94. The Morgan fingerprint density at radius 3 is 2.42 bits per heavy atom. The zero-order chi connectivity index (χ0) is 23.0. The summed E-state index contributed by atoms with van der Waals surface area (Å²) >= 11 is 3.94. The number of benzene rings is 3. The van der Waals surface area contributed by atoms with Gasteiger partial charge in [0.25, 0.3) is 0 Å². The van der Waals surface area contributed by atoms with Gasteiger partial charge in [0.1, 0.15) is 9.90 Å². The topological polar surface area (TPSA) is 37.3 Å². The van der Waals surface area contributed by atoms with Crippen LogP contribution in [-0.2, 0) is 8.87 Å². The van der Waals surface area contributed by atoms with Crippen molar-refractivity contribution in [1.29, 1.82) is 0 Å². The lowest BCUT2D eigenvalue weighted by molar-refractivity contribution is -0.135. The maximum absolute atomic E-state index is 14.0. The molecule has 3 aromatic rings. The average Bonchev–Trinajstić information content (AvgIpc) is 3.41. The average molecular weight is 475 g/mol. The molecule has 1 saturated heterocycles. The Balaban J connectivity index is 1.61. The van der Waals surface area contributed by atoms with Gasteiger partial charge in [0, 0.05) is 11.5 Å². The van der Waals surface area contributed by atoms with Crippen LogP contribution in [0.25, 0.3) is 17.2 Å². The van der Waals surface area contributed by atoms with Crippen LogP contribution < -0.4 is 0 Å². The van der Waals surface area contributed by atoms with Gasteiger partial charge in [0.05, 0.1) is 6.42 Å². The van der Waals surface area contributed by atoms with E-state index in [2.05, 4.69) is 54.6 Å². The van der Waals surface area contributed by atoms with Gasteiger partial charge >= 0.3 is 5.97 Å². The fourth-order valence-electron chi connectivity index (χ4n) is 4.70. The predicted octanol–water partition coefficient (Wildman–Crippen LogP) is 7.31. The Morgan fingerprint density at radius 2 is 1.70 bits per heavy atom. The molecule has 0 spiro atoms. The van der Waals surface area contributed by atoms with Crippen molar-refractivity contribution in [2.75, 3.05) is 11.5 Å². The van der Waals surface area contributed by atoms with Crippen molar-refractivity contribution in [2.24, 2.45) is 0 Å². The fourth-order valence-corrected chi connectivity index (χ4v) is 7.97. The summed E-state index contributed by atoms with van der Waals surface area (Å²) in [5.74, 6) is 0.935. The molecule has 2 nitrogen and oxygen atoms in total. The fraction of sp³-hybridized carbons (Fsp3) is 0.179. The van der Waals surface area contributed by atoms with Crippen molar-refractivity contribution in [1.82, 2.24) is 0 Å². The molecule has 0 aromatic heterocycles. The lowest BCUT2D eigenvalue weighted by atomic mass is 9.97. The van der Waals surface area contributed by atoms with E-state index in [0.717, 1.165) is 33.8 Å². The highest BCUT2D eigenvalue weighted by Gasteiger charge is 2.39. The monoisotopic (exact) mass is 474 g/mol. The molecule has 0 saturated carbocycles. The van der Waals surface area contributed by atoms with E-state index in [-0.39, 0.29) is 16.3 Å². The standard InChI is InChI=1S/C28H23FO2S2/c1-18-24(23-11-10-22(29)16-26(23)25(18)17-27(30)31)15-19-6-5-9-21(14-19)28(32-12-13-33-28)20-7-3-2-4-8-20/h2-11,14-16H,12-13,17H2,1H3,(H,30,31)/b24-15-. The Hall–Kier alpha value is -2.76. The first-order valence-electron chi connectivity index (χ1n) is 10.9. The Morgan fingerprint density at radius 1 is 0.970 bits per heavy atom. The summed E-state index contributed by atoms with van der Waals surface area (Å²) in [6, 6.07) is 23.9. The molecular formula is C28H23FO2S2. The highest BCUT2D eigenvalue weighted by atomic mass is 32.2. The number of carboxylic acid groups (broad SMARTS) is 1. The number of hydrogen-bond acceptors (Lipinski definition) is 3.